The number of aromatic nitrogens is 4. The van der Waals surface area contributed by atoms with Crippen molar-refractivity contribution in [2.75, 3.05) is 5.32 Å². The number of ether oxygens (including phenoxy) is 1. The van der Waals surface area contributed by atoms with Gasteiger partial charge in [-0.3, -0.25) is 5.32 Å². The molecule has 0 saturated heterocycles. The first-order valence-corrected chi connectivity index (χ1v) is 23.2. The molecule has 8 bridgehead atoms. The fourth-order valence-electron chi connectivity index (χ4n) is 9.43. The first-order chi connectivity index (χ1) is 32.8. The molecule has 3 aromatic heterocycles. The van der Waals surface area contributed by atoms with E-state index in [1.165, 1.54) is 16.7 Å². The van der Waals surface area contributed by atoms with Crippen LogP contribution < -0.4 is 5.32 Å². The van der Waals surface area contributed by atoms with Crippen LogP contribution in [0.1, 0.15) is 79.5 Å². The van der Waals surface area contributed by atoms with Gasteiger partial charge in [-0.05, 0) is 142 Å². The Labute approximate surface area is 399 Å². The molecule has 0 atom stereocenters. The molecule has 7 nitrogen and oxygen atoms in total. The highest BCUT2D eigenvalue weighted by Gasteiger charge is 2.29. The van der Waals surface area contributed by atoms with Gasteiger partial charge in [0, 0.05) is 55.4 Å². The number of aryl methyl sites for hydroxylation is 2. The van der Waals surface area contributed by atoms with Crippen LogP contribution in [0.2, 0.25) is 0 Å². The summed E-state index contributed by atoms with van der Waals surface area (Å²) in [6, 6.07) is 42.5. The second-order valence-corrected chi connectivity index (χ2v) is 18.8. The normalized spacial score (nSPS) is 12.2. The summed E-state index contributed by atoms with van der Waals surface area (Å²) >= 11 is 0. The molecule has 7 aromatic rings. The zero-order chi connectivity index (χ0) is 47.6. The molecule has 68 heavy (non-hydrogen) atoms. The maximum Gasteiger partial charge on any atom is 0.412 e. The maximum absolute atomic E-state index is 12.7. The number of fused-ring (bicyclic) bond motifs is 8. The number of allylic oxidation sites excluding steroid dienone is 3. The minimum absolute atomic E-state index is 0.189. The maximum atomic E-state index is 12.7. The zero-order valence-electron chi connectivity index (χ0n) is 39.5. The van der Waals surface area contributed by atoms with Gasteiger partial charge < -0.3 is 14.7 Å². The largest absolute Gasteiger partial charge is 0.444 e. The van der Waals surface area contributed by atoms with Gasteiger partial charge in [-0.15, -0.1) is 19.7 Å². The van der Waals surface area contributed by atoms with Gasteiger partial charge in [-0.1, -0.05) is 114 Å². The fourth-order valence-corrected chi connectivity index (χ4v) is 9.43. The molecular weight excluding hydrogens is 835 g/mol. The van der Waals surface area contributed by atoms with Crippen LogP contribution in [0, 0.1) is 13.8 Å². The van der Waals surface area contributed by atoms with E-state index in [9.17, 15) is 4.79 Å². The third-order valence-corrected chi connectivity index (χ3v) is 12.6. The van der Waals surface area contributed by atoms with Crippen LogP contribution in [0.3, 0.4) is 0 Å². The lowest BCUT2D eigenvalue weighted by Crippen LogP contribution is -2.27. The SMILES string of the molecule is C=CCC(CC=C)(CC=C)c1ccc(-c2c3nc(c(-c4ccc(C)cc4)c4ccc([nH]4)c(-c4ccc(NC(=O)OC(C)(C)C)cc4)c4ccc([nH]4)c(-c4ccc(C)cc4)c4nc2C=C4)C=C3)cc1. The van der Waals surface area contributed by atoms with Crippen LogP contribution in [0.5, 0.6) is 0 Å². The number of anilines is 1. The highest BCUT2D eigenvalue weighted by Crippen LogP contribution is 2.41. The summed E-state index contributed by atoms with van der Waals surface area (Å²) in [6.07, 6.45) is 16.4. The lowest BCUT2D eigenvalue weighted by molar-refractivity contribution is 0.0636. The Morgan fingerprint density at radius 1 is 0.515 bits per heavy atom. The number of aromatic amines is 2. The first-order valence-electron chi connectivity index (χ1n) is 23.2. The van der Waals surface area contributed by atoms with Gasteiger partial charge in [-0.25, -0.2) is 14.8 Å². The standard InChI is InChI=1S/C61H57N5O2/c1-9-36-61(37-10-2,38-11-3)45-24-20-43(21-25-45)57-51-32-28-47(63-51)55(41-16-12-39(4)13-17-41)49-30-34-53(65-49)58(44-22-26-46(27-23-44)62-59(67)68-60(6,7)8)54-35-31-50(66-54)56(48-29-33-52(57)64-48)42-18-14-40(5)15-19-42/h9-35,65-66H,1-3,36-38H2,4-8H3,(H,62,67). The van der Waals surface area contributed by atoms with E-state index < -0.39 is 11.7 Å². The van der Waals surface area contributed by atoms with Crippen molar-refractivity contribution in [1.82, 2.24) is 19.9 Å². The van der Waals surface area contributed by atoms with E-state index >= 15 is 0 Å². The number of nitrogens with one attached hydrogen (secondary N) is 3. The number of rotatable bonds is 12. The van der Waals surface area contributed by atoms with E-state index in [0.717, 1.165) is 109 Å². The summed E-state index contributed by atoms with van der Waals surface area (Å²) in [7, 11) is 0. The van der Waals surface area contributed by atoms with E-state index in [0.29, 0.717) is 5.69 Å². The van der Waals surface area contributed by atoms with E-state index in [4.69, 9.17) is 14.7 Å². The molecule has 0 aliphatic carbocycles. The van der Waals surface area contributed by atoms with Crippen molar-refractivity contribution in [3.05, 3.63) is 199 Å². The second-order valence-electron chi connectivity index (χ2n) is 18.8. The van der Waals surface area contributed by atoms with Gasteiger partial charge in [0.15, 0.2) is 0 Å². The summed E-state index contributed by atoms with van der Waals surface area (Å²) in [6.45, 7) is 22.1. The molecular formula is C61H57N5O2. The summed E-state index contributed by atoms with van der Waals surface area (Å²) in [5.41, 5.74) is 18.2. The van der Waals surface area contributed by atoms with Crippen LogP contribution in [-0.2, 0) is 10.2 Å². The molecule has 2 aliphatic rings. The lowest BCUT2D eigenvalue weighted by Gasteiger charge is -2.32. The molecule has 2 aliphatic heterocycles. The van der Waals surface area contributed by atoms with Crippen molar-refractivity contribution in [3.63, 3.8) is 0 Å². The smallest absolute Gasteiger partial charge is 0.412 e. The van der Waals surface area contributed by atoms with Gasteiger partial charge in [0.2, 0.25) is 0 Å². The molecule has 5 heterocycles. The second kappa shape index (κ2) is 18.7. The number of carbonyl (C=O) groups is 1. The van der Waals surface area contributed by atoms with Crippen molar-refractivity contribution in [2.24, 2.45) is 0 Å². The molecule has 338 valence electrons. The number of nitrogens with zero attached hydrogens (tertiary/aromatic N) is 2. The summed E-state index contributed by atoms with van der Waals surface area (Å²) < 4.78 is 5.54. The molecule has 0 fully saturated rings. The Hall–Kier alpha value is -8.03. The van der Waals surface area contributed by atoms with Crippen molar-refractivity contribution < 1.29 is 9.53 Å². The topological polar surface area (TPSA) is 95.7 Å². The minimum Gasteiger partial charge on any atom is -0.444 e. The number of hydrogen-bond acceptors (Lipinski definition) is 4. The number of amides is 1. The Kier molecular flexibility index (Phi) is 12.4. The molecule has 0 radical (unpaired) electrons. The zero-order valence-corrected chi connectivity index (χ0v) is 39.5. The number of H-pyrrole nitrogens is 2. The monoisotopic (exact) mass is 891 g/mol. The van der Waals surface area contributed by atoms with Crippen LogP contribution >= 0.6 is 0 Å². The summed E-state index contributed by atoms with van der Waals surface area (Å²) in [5, 5.41) is 2.88. The Morgan fingerprint density at radius 2 is 0.868 bits per heavy atom. The van der Waals surface area contributed by atoms with E-state index in [2.05, 4.69) is 170 Å². The van der Waals surface area contributed by atoms with Crippen LogP contribution in [-0.4, -0.2) is 31.6 Å². The molecule has 4 aromatic carbocycles. The minimum atomic E-state index is -0.620. The van der Waals surface area contributed by atoms with E-state index in [-0.39, 0.29) is 5.41 Å². The highest BCUT2D eigenvalue weighted by atomic mass is 16.6. The summed E-state index contributed by atoms with van der Waals surface area (Å²) in [5.74, 6) is 0. The molecule has 0 saturated carbocycles. The molecule has 9 rings (SSSR count). The van der Waals surface area contributed by atoms with Crippen molar-refractivity contribution in [2.45, 2.75) is 64.9 Å². The van der Waals surface area contributed by atoms with Gasteiger partial charge in [0.1, 0.15) is 5.60 Å². The summed E-state index contributed by atoms with van der Waals surface area (Å²) in [4.78, 5) is 31.4. The van der Waals surface area contributed by atoms with Gasteiger partial charge in [-0.2, -0.15) is 0 Å². The van der Waals surface area contributed by atoms with Crippen LogP contribution in [0.15, 0.2) is 159 Å². The predicted octanol–water partition coefficient (Wildman–Crippen LogP) is 16.3. The molecule has 3 N–H and O–H groups in total. The van der Waals surface area contributed by atoms with E-state index in [1.54, 1.807) is 0 Å². The molecule has 0 spiro atoms. The first kappa shape index (κ1) is 45.1. The average Bonchev–Trinajstić information content (AvgIpc) is 4.16. The predicted molar refractivity (Wildman–Crippen MR) is 286 cm³/mol. The van der Waals surface area contributed by atoms with Crippen LogP contribution in [0.25, 0.3) is 90.9 Å². The number of benzene rings is 4. The Bertz CT molecular complexity index is 3130. The number of hydrogen-bond donors (Lipinski definition) is 3. The van der Waals surface area contributed by atoms with Crippen molar-refractivity contribution in [3.8, 4) is 44.5 Å². The van der Waals surface area contributed by atoms with E-state index in [1.807, 2.05) is 63.3 Å². The highest BCUT2D eigenvalue weighted by molar-refractivity contribution is 6.00. The third kappa shape index (κ3) is 9.20. The Balaban J connectivity index is 1.34. The van der Waals surface area contributed by atoms with Crippen molar-refractivity contribution >= 4 is 58.2 Å². The van der Waals surface area contributed by atoms with Gasteiger partial charge >= 0.3 is 6.09 Å². The molecule has 1 amide bonds. The van der Waals surface area contributed by atoms with Gasteiger partial charge in [0.25, 0.3) is 0 Å². The molecule has 0 unspecified atom stereocenters. The number of carbonyl (C=O) groups excluding carboxylic acids is 1. The average molecular weight is 892 g/mol. The van der Waals surface area contributed by atoms with Crippen LogP contribution in [0.4, 0.5) is 10.5 Å². The van der Waals surface area contributed by atoms with Crippen molar-refractivity contribution in [1.29, 1.82) is 0 Å². The van der Waals surface area contributed by atoms with Gasteiger partial charge in [0.05, 0.1) is 22.8 Å². The third-order valence-electron chi connectivity index (χ3n) is 12.6. The quantitative estimate of drug-likeness (QED) is 0.106. The lowest BCUT2D eigenvalue weighted by atomic mass is 9.72. The fraction of sp³-hybridized carbons (Fsp3) is 0.164. The Morgan fingerprint density at radius 3 is 1.28 bits per heavy atom. The molecule has 7 heteroatoms.